The maximum atomic E-state index is 13.8. The van der Waals surface area contributed by atoms with Crippen molar-refractivity contribution in [3.8, 4) is 5.75 Å². The van der Waals surface area contributed by atoms with Gasteiger partial charge in [0.25, 0.3) is 5.91 Å². The van der Waals surface area contributed by atoms with Gasteiger partial charge in [0.15, 0.2) is 6.17 Å². The summed E-state index contributed by atoms with van der Waals surface area (Å²) in [6.45, 7) is -0.556. The maximum absolute atomic E-state index is 13.8. The second kappa shape index (κ2) is 12.7. The number of sulfonamides is 1. The maximum Gasteiger partial charge on any atom is 0.323 e. The molecular formula is C27H25ClF2N4O7S. The van der Waals surface area contributed by atoms with Crippen molar-refractivity contribution in [1.29, 1.82) is 0 Å². The fourth-order valence-electron chi connectivity index (χ4n) is 4.35. The quantitative estimate of drug-likeness (QED) is 0.329. The largest absolute Gasteiger partial charge is 0.497 e. The number of urea groups is 1. The molecule has 1 saturated heterocycles. The summed E-state index contributed by atoms with van der Waals surface area (Å²) in [6, 6.07) is 11.6. The molecule has 222 valence electrons. The minimum Gasteiger partial charge on any atom is -0.497 e. The Labute approximate surface area is 244 Å². The Hall–Kier alpha value is -4.27. The molecule has 0 radical (unpaired) electrons. The van der Waals surface area contributed by atoms with E-state index in [0.29, 0.717) is 11.4 Å². The fraction of sp³-hybridized carbons (Fsp3) is 0.222. The lowest BCUT2D eigenvalue weighted by Crippen LogP contribution is -2.55. The topological polar surface area (TPSA) is 145 Å². The number of hydrogen-bond donors (Lipinski definition) is 3. The Balaban J connectivity index is 1.69. The van der Waals surface area contributed by atoms with Gasteiger partial charge in [-0.25, -0.2) is 22.0 Å². The number of amides is 3. The number of ether oxygens (including phenoxy) is 1. The molecule has 42 heavy (non-hydrogen) atoms. The van der Waals surface area contributed by atoms with Crippen LogP contribution in [0, 0.1) is 11.6 Å². The van der Waals surface area contributed by atoms with Crippen LogP contribution < -0.4 is 15.4 Å². The summed E-state index contributed by atoms with van der Waals surface area (Å²) in [5.41, 5.74) is 0.556. The van der Waals surface area contributed by atoms with Gasteiger partial charge in [-0.3, -0.25) is 14.5 Å². The van der Waals surface area contributed by atoms with Gasteiger partial charge >= 0.3 is 12.0 Å². The van der Waals surface area contributed by atoms with E-state index in [2.05, 4.69) is 10.6 Å². The van der Waals surface area contributed by atoms with Crippen molar-refractivity contribution < 1.29 is 41.4 Å². The third-order valence-corrected chi connectivity index (χ3v) is 8.57. The van der Waals surface area contributed by atoms with E-state index in [9.17, 15) is 36.7 Å². The van der Waals surface area contributed by atoms with Crippen LogP contribution in [0.1, 0.15) is 18.0 Å². The van der Waals surface area contributed by atoms with Crippen molar-refractivity contribution in [3.63, 3.8) is 0 Å². The number of hydrogen-bond acceptors (Lipinski definition) is 6. The first kappa shape index (κ1) is 30.7. The lowest BCUT2D eigenvalue weighted by atomic mass is 10.0. The number of aliphatic carboxylic acids is 1. The number of rotatable bonds is 9. The van der Waals surface area contributed by atoms with E-state index >= 15 is 0 Å². The van der Waals surface area contributed by atoms with Crippen molar-refractivity contribution in [2.75, 3.05) is 25.5 Å². The molecular weight excluding hydrogens is 598 g/mol. The van der Waals surface area contributed by atoms with Gasteiger partial charge in [-0.2, -0.15) is 4.31 Å². The van der Waals surface area contributed by atoms with Gasteiger partial charge in [0.2, 0.25) is 10.0 Å². The standard InChI is InChI=1S/C27H25ClF2N4O7S/c1-41-19-8-6-18(7-9-19)31-27(38)33-12-13-34(42(39,40)20-10-11-22(30)21(28)14-20)26(33)25(37)32-23(15-24(35)36)16-2-4-17(29)5-3-16/h2-11,14,23,26H,12-13,15H2,1H3,(H,31,38)(H,32,37)(H,35,36). The number of methoxy groups -OCH3 is 1. The van der Waals surface area contributed by atoms with Gasteiger partial charge in [-0.05, 0) is 60.2 Å². The minimum absolute atomic E-state index is 0.228. The highest BCUT2D eigenvalue weighted by molar-refractivity contribution is 7.89. The summed E-state index contributed by atoms with van der Waals surface area (Å²) in [5.74, 6) is -3.25. The van der Waals surface area contributed by atoms with Gasteiger partial charge in [0.05, 0.1) is 29.5 Å². The molecule has 0 aliphatic carbocycles. The van der Waals surface area contributed by atoms with E-state index < -0.39 is 68.1 Å². The smallest absolute Gasteiger partial charge is 0.323 e. The van der Waals surface area contributed by atoms with Crippen LogP contribution in [0.25, 0.3) is 0 Å². The summed E-state index contributed by atoms with van der Waals surface area (Å²) in [5, 5.41) is 14.1. The molecule has 0 aromatic heterocycles. The Bertz CT molecular complexity index is 1590. The third kappa shape index (κ3) is 6.78. The van der Waals surface area contributed by atoms with E-state index in [1.54, 1.807) is 12.1 Å². The Morgan fingerprint density at radius 1 is 1.05 bits per heavy atom. The number of carboxylic acid groups (broad SMARTS) is 1. The molecule has 1 fully saturated rings. The summed E-state index contributed by atoms with van der Waals surface area (Å²) in [6.07, 6.45) is -2.41. The minimum atomic E-state index is -4.53. The highest BCUT2D eigenvalue weighted by Crippen LogP contribution is 2.29. The second-order valence-corrected chi connectivity index (χ2v) is 11.4. The van der Waals surface area contributed by atoms with Crippen LogP contribution in [0.2, 0.25) is 5.02 Å². The number of carbonyl (C=O) groups is 3. The van der Waals surface area contributed by atoms with Crippen molar-refractivity contribution in [3.05, 3.63) is 89.0 Å². The predicted molar refractivity (Wildman–Crippen MR) is 147 cm³/mol. The number of carboxylic acids is 1. The summed E-state index contributed by atoms with van der Waals surface area (Å²) >= 11 is 5.81. The van der Waals surface area contributed by atoms with Crippen molar-refractivity contribution in [1.82, 2.24) is 14.5 Å². The van der Waals surface area contributed by atoms with Gasteiger partial charge in [0, 0.05) is 18.8 Å². The van der Waals surface area contributed by atoms with E-state index in [-0.39, 0.29) is 18.7 Å². The molecule has 0 bridgehead atoms. The molecule has 0 spiro atoms. The molecule has 0 saturated carbocycles. The molecule has 3 N–H and O–H groups in total. The van der Waals surface area contributed by atoms with Crippen LogP contribution in [0.3, 0.4) is 0 Å². The molecule has 1 aliphatic heterocycles. The molecule has 11 nitrogen and oxygen atoms in total. The number of carbonyl (C=O) groups excluding carboxylic acids is 2. The zero-order valence-electron chi connectivity index (χ0n) is 22.0. The van der Waals surface area contributed by atoms with Gasteiger partial charge < -0.3 is 20.5 Å². The first-order valence-corrected chi connectivity index (χ1v) is 14.2. The molecule has 3 aromatic carbocycles. The number of benzene rings is 3. The molecule has 1 heterocycles. The average Bonchev–Trinajstić information content (AvgIpc) is 3.41. The number of nitrogens with zero attached hydrogens (tertiary/aromatic N) is 2. The Kier molecular flexibility index (Phi) is 9.29. The van der Waals surface area contributed by atoms with Crippen molar-refractivity contribution in [2.24, 2.45) is 0 Å². The molecule has 3 aromatic rings. The zero-order chi connectivity index (χ0) is 30.6. The monoisotopic (exact) mass is 622 g/mol. The molecule has 3 amide bonds. The Morgan fingerprint density at radius 3 is 2.31 bits per heavy atom. The molecule has 2 atom stereocenters. The first-order chi connectivity index (χ1) is 19.9. The van der Waals surface area contributed by atoms with Crippen molar-refractivity contribution in [2.45, 2.75) is 23.5 Å². The highest BCUT2D eigenvalue weighted by atomic mass is 35.5. The van der Waals surface area contributed by atoms with Gasteiger partial charge in [-0.1, -0.05) is 23.7 Å². The average molecular weight is 623 g/mol. The lowest BCUT2D eigenvalue weighted by Gasteiger charge is -2.30. The van der Waals surface area contributed by atoms with E-state index in [1.165, 1.54) is 31.4 Å². The van der Waals surface area contributed by atoms with E-state index in [0.717, 1.165) is 39.5 Å². The SMILES string of the molecule is COc1ccc(NC(=O)N2CCN(S(=O)(=O)c3ccc(F)c(Cl)c3)C2C(=O)NC(CC(=O)O)c2ccc(F)cc2)cc1. The summed E-state index contributed by atoms with van der Waals surface area (Å²) in [4.78, 5) is 39.2. The van der Waals surface area contributed by atoms with Crippen LogP contribution in [-0.2, 0) is 19.6 Å². The summed E-state index contributed by atoms with van der Waals surface area (Å²) < 4.78 is 60.4. The van der Waals surface area contributed by atoms with E-state index in [1.807, 2.05) is 0 Å². The zero-order valence-corrected chi connectivity index (χ0v) is 23.5. The molecule has 1 aliphatic rings. The Morgan fingerprint density at radius 2 is 1.71 bits per heavy atom. The van der Waals surface area contributed by atoms with Crippen LogP contribution >= 0.6 is 11.6 Å². The molecule has 15 heteroatoms. The number of halogens is 3. The van der Waals surface area contributed by atoms with Crippen LogP contribution in [0.15, 0.2) is 71.6 Å². The predicted octanol–water partition coefficient (Wildman–Crippen LogP) is 3.82. The van der Waals surface area contributed by atoms with Gasteiger partial charge in [0.1, 0.15) is 17.4 Å². The normalized spacial score (nSPS) is 16.1. The van der Waals surface area contributed by atoms with E-state index in [4.69, 9.17) is 16.3 Å². The molecule has 2 unspecified atom stereocenters. The molecule has 4 rings (SSSR count). The lowest BCUT2D eigenvalue weighted by molar-refractivity contribution is -0.138. The number of nitrogens with one attached hydrogen (secondary N) is 2. The van der Waals surface area contributed by atoms with Crippen LogP contribution in [-0.4, -0.2) is 67.0 Å². The van der Waals surface area contributed by atoms with Crippen molar-refractivity contribution >= 4 is 45.2 Å². The third-order valence-electron chi connectivity index (χ3n) is 6.43. The van der Waals surface area contributed by atoms with Gasteiger partial charge in [-0.15, -0.1) is 0 Å². The summed E-state index contributed by atoms with van der Waals surface area (Å²) in [7, 11) is -3.07. The number of anilines is 1. The highest BCUT2D eigenvalue weighted by Gasteiger charge is 2.47. The first-order valence-electron chi connectivity index (χ1n) is 12.4. The van der Waals surface area contributed by atoms with Crippen LogP contribution in [0.5, 0.6) is 5.75 Å². The fourth-order valence-corrected chi connectivity index (χ4v) is 6.17. The second-order valence-electron chi connectivity index (χ2n) is 9.13. The van der Waals surface area contributed by atoms with Crippen LogP contribution in [0.4, 0.5) is 19.3 Å².